The first-order chi connectivity index (χ1) is 13.6. The highest BCUT2D eigenvalue weighted by atomic mass is 32.2. The van der Waals surface area contributed by atoms with E-state index in [4.69, 9.17) is 4.74 Å². The lowest BCUT2D eigenvalue weighted by atomic mass is 10.2. The molecule has 0 aliphatic carbocycles. The van der Waals surface area contributed by atoms with E-state index in [9.17, 15) is 4.79 Å². The molecule has 4 aromatic rings. The Morgan fingerprint density at radius 2 is 1.93 bits per heavy atom. The van der Waals surface area contributed by atoms with Crippen molar-refractivity contribution in [3.8, 4) is 11.4 Å². The van der Waals surface area contributed by atoms with Crippen LogP contribution in [0.25, 0.3) is 22.4 Å². The number of para-hydroxylation sites is 1. The molecule has 0 unspecified atom stereocenters. The molecule has 4 rings (SSSR count). The molecule has 0 aliphatic heterocycles. The molecule has 2 heterocycles. The zero-order chi connectivity index (χ0) is 19.7. The number of methoxy groups -OCH3 is 1. The molecule has 0 bridgehead atoms. The van der Waals surface area contributed by atoms with Crippen molar-refractivity contribution in [2.24, 2.45) is 0 Å². The minimum atomic E-state index is -0.127. The molecule has 2 aromatic heterocycles. The zero-order valence-electron chi connectivity index (χ0n) is 16.0. The first kappa shape index (κ1) is 18.5. The number of quaternary nitrogens is 1. The van der Waals surface area contributed by atoms with Crippen LogP contribution in [0, 0.1) is 0 Å². The van der Waals surface area contributed by atoms with Crippen molar-refractivity contribution in [2.45, 2.75) is 5.16 Å². The standard InChI is InChI=1S/C20H21N5O2S/c1-23(2)11-12-28-20-22-21-19-24(14-7-6-8-15(13-14)27-3)18(26)16-9-4-5-10-17(16)25(19)20/h4-10,13H,11-12H2,1-3H3/p+1. The monoisotopic (exact) mass is 396 g/mol. The van der Waals surface area contributed by atoms with Crippen LogP contribution < -0.4 is 15.2 Å². The molecule has 7 nitrogen and oxygen atoms in total. The second-order valence-corrected chi connectivity index (χ2v) is 7.84. The van der Waals surface area contributed by atoms with Crippen LogP contribution in [0.4, 0.5) is 0 Å². The Hall–Kier alpha value is -2.84. The van der Waals surface area contributed by atoms with Crippen LogP contribution in [0.5, 0.6) is 5.75 Å². The molecule has 0 saturated carbocycles. The van der Waals surface area contributed by atoms with Crippen molar-refractivity contribution in [1.82, 2.24) is 19.2 Å². The predicted molar refractivity (Wildman–Crippen MR) is 111 cm³/mol. The van der Waals surface area contributed by atoms with Gasteiger partial charge in [0.1, 0.15) is 5.75 Å². The van der Waals surface area contributed by atoms with Crippen molar-refractivity contribution in [3.05, 3.63) is 58.9 Å². The summed E-state index contributed by atoms with van der Waals surface area (Å²) in [7, 11) is 5.85. The molecule has 0 spiro atoms. The van der Waals surface area contributed by atoms with E-state index in [0.717, 1.165) is 23.0 Å². The summed E-state index contributed by atoms with van der Waals surface area (Å²) < 4.78 is 8.89. The summed E-state index contributed by atoms with van der Waals surface area (Å²) in [4.78, 5) is 14.7. The molecule has 28 heavy (non-hydrogen) atoms. The number of aromatic nitrogens is 4. The molecular weight excluding hydrogens is 374 g/mol. The first-order valence-electron chi connectivity index (χ1n) is 9.05. The fourth-order valence-corrected chi connectivity index (χ4v) is 4.20. The maximum atomic E-state index is 13.3. The summed E-state index contributed by atoms with van der Waals surface area (Å²) in [5, 5.41) is 10.2. The molecule has 0 fully saturated rings. The van der Waals surface area contributed by atoms with Crippen molar-refractivity contribution in [3.63, 3.8) is 0 Å². The van der Waals surface area contributed by atoms with E-state index >= 15 is 0 Å². The number of nitrogens with zero attached hydrogens (tertiary/aromatic N) is 4. The van der Waals surface area contributed by atoms with Gasteiger partial charge in [0.15, 0.2) is 5.16 Å². The van der Waals surface area contributed by atoms with Crippen molar-refractivity contribution >= 4 is 28.4 Å². The van der Waals surface area contributed by atoms with Crippen LogP contribution in [-0.4, -0.2) is 52.7 Å². The lowest BCUT2D eigenvalue weighted by Crippen LogP contribution is -3.06. The largest absolute Gasteiger partial charge is 0.497 e. The number of thioether (sulfide) groups is 1. The van der Waals surface area contributed by atoms with Crippen molar-refractivity contribution in [2.75, 3.05) is 33.5 Å². The van der Waals surface area contributed by atoms with Gasteiger partial charge < -0.3 is 9.64 Å². The minimum absolute atomic E-state index is 0.127. The molecule has 144 valence electrons. The fraction of sp³-hybridized carbons (Fsp3) is 0.250. The summed E-state index contributed by atoms with van der Waals surface area (Å²) in [6.45, 7) is 1.01. The molecule has 0 radical (unpaired) electrons. The smallest absolute Gasteiger partial charge is 0.267 e. The fourth-order valence-electron chi connectivity index (χ4n) is 3.10. The number of nitrogens with one attached hydrogen (secondary N) is 1. The van der Waals surface area contributed by atoms with E-state index in [0.29, 0.717) is 22.6 Å². The molecule has 1 N–H and O–H groups in total. The van der Waals surface area contributed by atoms with Crippen LogP contribution >= 0.6 is 11.8 Å². The number of fused-ring (bicyclic) bond motifs is 3. The Kier molecular flexibility index (Phi) is 5.06. The third-order valence-corrected chi connectivity index (χ3v) is 5.47. The van der Waals surface area contributed by atoms with Gasteiger partial charge in [-0.25, -0.2) is 4.57 Å². The van der Waals surface area contributed by atoms with Gasteiger partial charge in [0, 0.05) is 6.07 Å². The highest BCUT2D eigenvalue weighted by Crippen LogP contribution is 2.24. The van der Waals surface area contributed by atoms with Crippen molar-refractivity contribution in [1.29, 1.82) is 0 Å². The molecular formula is C20H22N5O2S+. The Morgan fingerprint density at radius 3 is 2.71 bits per heavy atom. The predicted octanol–water partition coefficient (Wildman–Crippen LogP) is 1.28. The Bertz CT molecular complexity index is 1200. The van der Waals surface area contributed by atoms with Gasteiger partial charge in [0.2, 0.25) is 5.78 Å². The van der Waals surface area contributed by atoms with Crippen molar-refractivity contribution < 1.29 is 9.64 Å². The lowest BCUT2D eigenvalue weighted by Gasteiger charge is -2.12. The van der Waals surface area contributed by atoms with Gasteiger partial charge in [-0.2, -0.15) is 0 Å². The summed E-state index contributed by atoms with van der Waals surface area (Å²) in [6.07, 6.45) is 0. The number of hydrogen-bond donors (Lipinski definition) is 1. The van der Waals surface area contributed by atoms with Gasteiger partial charge in [0.05, 0.1) is 50.1 Å². The van der Waals surface area contributed by atoms with Crippen LogP contribution in [0.3, 0.4) is 0 Å². The van der Waals surface area contributed by atoms with Gasteiger partial charge in [-0.3, -0.25) is 9.20 Å². The average molecular weight is 396 g/mol. The number of hydrogen-bond acceptors (Lipinski definition) is 5. The second kappa shape index (κ2) is 7.65. The molecule has 0 aliphatic rings. The maximum absolute atomic E-state index is 13.3. The molecule has 8 heteroatoms. The Morgan fingerprint density at radius 1 is 1.11 bits per heavy atom. The molecule has 0 saturated heterocycles. The SMILES string of the molecule is COc1cccc(-n2c(=O)c3ccccc3n3c(SCC[NH+](C)C)nnc23)c1. The summed E-state index contributed by atoms with van der Waals surface area (Å²) >= 11 is 1.65. The lowest BCUT2D eigenvalue weighted by molar-refractivity contribution is -0.855. The van der Waals surface area contributed by atoms with Crippen LogP contribution in [0.2, 0.25) is 0 Å². The minimum Gasteiger partial charge on any atom is -0.497 e. The number of ether oxygens (including phenoxy) is 1. The quantitative estimate of drug-likeness (QED) is 0.498. The normalized spacial score (nSPS) is 11.6. The first-order valence-corrected chi connectivity index (χ1v) is 10.0. The highest BCUT2D eigenvalue weighted by Gasteiger charge is 2.18. The highest BCUT2D eigenvalue weighted by molar-refractivity contribution is 7.99. The topological polar surface area (TPSA) is 65.9 Å². The Labute approximate surface area is 166 Å². The summed E-state index contributed by atoms with van der Waals surface area (Å²) in [5.41, 5.74) is 1.38. The Balaban J connectivity index is 1.98. The molecule has 0 atom stereocenters. The third kappa shape index (κ3) is 3.25. The van der Waals surface area contributed by atoms with E-state index in [1.807, 2.05) is 52.9 Å². The maximum Gasteiger partial charge on any atom is 0.267 e. The third-order valence-electron chi connectivity index (χ3n) is 4.54. The number of rotatable bonds is 6. The van der Waals surface area contributed by atoms with E-state index in [1.54, 1.807) is 23.4 Å². The number of benzene rings is 2. The van der Waals surface area contributed by atoms with Gasteiger partial charge in [-0.05, 0) is 24.3 Å². The van der Waals surface area contributed by atoms with Crippen LogP contribution in [0.1, 0.15) is 0 Å². The van der Waals surface area contributed by atoms with Crippen LogP contribution in [-0.2, 0) is 0 Å². The van der Waals surface area contributed by atoms with Gasteiger partial charge in [-0.15, -0.1) is 10.2 Å². The van der Waals surface area contributed by atoms with E-state index in [2.05, 4.69) is 24.3 Å². The van der Waals surface area contributed by atoms with E-state index < -0.39 is 0 Å². The van der Waals surface area contributed by atoms with Gasteiger partial charge in [-0.1, -0.05) is 30.0 Å². The van der Waals surface area contributed by atoms with Crippen LogP contribution in [0.15, 0.2) is 58.5 Å². The summed E-state index contributed by atoms with van der Waals surface area (Å²) in [5.74, 6) is 2.09. The van der Waals surface area contributed by atoms with Gasteiger partial charge in [0.25, 0.3) is 5.56 Å². The molecule has 2 aromatic carbocycles. The van der Waals surface area contributed by atoms with E-state index in [-0.39, 0.29) is 5.56 Å². The molecule has 0 amide bonds. The summed E-state index contributed by atoms with van der Waals surface area (Å²) in [6, 6.07) is 15.0. The second-order valence-electron chi connectivity index (χ2n) is 6.78. The average Bonchev–Trinajstić information content (AvgIpc) is 3.12. The van der Waals surface area contributed by atoms with E-state index in [1.165, 1.54) is 4.90 Å². The zero-order valence-corrected chi connectivity index (χ0v) is 16.9. The van der Waals surface area contributed by atoms with Gasteiger partial charge >= 0.3 is 0 Å².